The molecule has 0 saturated carbocycles. The fourth-order valence-corrected chi connectivity index (χ4v) is 2.41. The second-order valence-corrected chi connectivity index (χ2v) is 5.44. The van der Waals surface area contributed by atoms with E-state index in [2.05, 4.69) is 4.99 Å². The third kappa shape index (κ3) is 5.39. The average molecular weight is 340 g/mol. The van der Waals surface area contributed by atoms with Gasteiger partial charge in [0.25, 0.3) is 6.47 Å². The Bertz CT molecular complexity index is 620. The Hall–Kier alpha value is -2.32. The van der Waals surface area contributed by atoms with Crippen LogP contribution in [-0.2, 0) is 31.0 Å². The van der Waals surface area contributed by atoms with Gasteiger partial charge in [0.1, 0.15) is 30.4 Å². The number of nitrogens with two attached hydrogens (primary N) is 1. The van der Waals surface area contributed by atoms with Crippen LogP contribution in [0.1, 0.15) is 18.1 Å². The number of hydrogen-bond donors (Lipinski definition) is 2. The largest absolute Gasteiger partial charge is 0.483 e. The van der Waals surface area contributed by atoms with E-state index in [0.29, 0.717) is 17.0 Å². The van der Waals surface area contributed by atoms with Gasteiger partial charge in [0, 0.05) is 19.1 Å². The zero-order valence-corrected chi connectivity index (χ0v) is 13.6. The zero-order valence-electron chi connectivity index (χ0n) is 13.6. The number of carbonyl (C=O) groups is 2. The second-order valence-electron chi connectivity index (χ2n) is 5.44. The van der Waals surface area contributed by atoms with Crippen LogP contribution in [0.4, 0.5) is 4.39 Å². The molecule has 132 valence electrons. The first-order valence-corrected chi connectivity index (χ1v) is 7.15. The van der Waals surface area contributed by atoms with Crippen molar-refractivity contribution in [3.05, 3.63) is 35.1 Å². The summed E-state index contributed by atoms with van der Waals surface area (Å²) in [6.07, 6.45) is 0.192. The number of amidine groups is 1. The molecule has 1 atom stereocenters. The minimum atomic E-state index is -0.868. The lowest BCUT2D eigenvalue weighted by molar-refractivity contribution is -0.123. The standard InChI is InChI=1S/C15H19FN2O3.CH2O2/c1-15(9-21-8-14(17)18-15)12-6-10(3-4-13(12)16)5-11(19)7-20-2;2-1-3/h3-4,6H,5,7-9H2,1-2H3,(H2,17,18);1H,(H,2,3)/t15-;/m0./s1. The molecule has 1 aliphatic rings. The molecule has 24 heavy (non-hydrogen) atoms. The first-order chi connectivity index (χ1) is 11.4. The number of carboxylic acid groups (broad SMARTS) is 1. The maximum atomic E-state index is 14.1. The Morgan fingerprint density at radius 1 is 1.58 bits per heavy atom. The molecule has 0 fully saturated rings. The van der Waals surface area contributed by atoms with Gasteiger partial charge < -0.3 is 20.3 Å². The fraction of sp³-hybridized carbons (Fsp3) is 0.438. The molecule has 0 spiro atoms. The molecule has 1 aromatic carbocycles. The molecule has 0 aliphatic carbocycles. The van der Waals surface area contributed by atoms with Gasteiger partial charge in [0.15, 0.2) is 5.78 Å². The molecule has 0 aromatic heterocycles. The summed E-state index contributed by atoms with van der Waals surface area (Å²) in [5.74, 6) is -0.116. The van der Waals surface area contributed by atoms with Gasteiger partial charge in [-0.2, -0.15) is 0 Å². The molecule has 1 heterocycles. The Labute approximate surface area is 139 Å². The highest BCUT2D eigenvalue weighted by Gasteiger charge is 2.32. The number of halogens is 1. The van der Waals surface area contributed by atoms with Crippen LogP contribution in [0.25, 0.3) is 0 Å². The quantitative estimate of drug-likeness (QED) is 0.770. The Morgan fingerprint density at radius 3 is 2.83 bits per heavy atom. The van der Waals surface area contributed by atoms with Crippen LogP contribution in [0.2, 0.25) is 0 Å². The number of rotatable bonds is 5. The number of carbonyl (C=O) groups excluding carboxylic acids is 1. The summed E-state index contributed by atoms with van der Waals surface area (Å²) < 4.78 is 24.3. The number of benzene rings is 1. The van der Waals surface area contributed by atoms with Crippen molar-refractivity contribution in [2.24, 2.45) is 10.7 Å². The Morgan fingerprint density at radius 2 is 2.25 bits per heavy atom. The maximum Gasteiger partial charge on any atom is 0.290 e. The van der Waals surface area contributed by atoms with Gasteiger partial charge in [0.2, 0.25) is 0 Å². The number of Topliss-reactive ketones (excluding diaryl/α,β-unsaturated/α-hetero) is 1. The molecule has 0 radical (unpaired) electrons. The summed E-state index contributed by atoms with van der Waals surface area (Å²) in [5.41, 5.74) is 5.92. The van der Waals surface area contributed by atoms with Crippen molar-refractivity contribution in [2.45, 2.75) is 18.9 Å². The molecule has 1 aliphatic heterocycles. The first-order valence-electron chi connectivity index (χ1n) is 7.15. The smallest absolute Gasteiger partial charge is 0.290 e. The van der Waals surface area contributed by atoms with Crippen molar-refractivity contribution in [3.63, 3.8) is 0 Å². The molecule has 8 heteroatoms. The summed E-state index contributed by atoms with van der Waals surface area (Å²) in [6, 6.07) is 4.58. The normalized spacial score (nSPS) is 19.7. The SMILES string of the molecule is COCC(=O)Cc1ccc(F)c([C@]2(C)COCC(N)=N2)c1.O=CO. The van der Waals surface area contributed by atoms with Gasteiger partial charge in [-0.1, -0.05) is 6.07 Å². The third-order valence-corrected chi connectivity index (χ3v) is 3.34. The number of ether oxygens (including phenoxy) is 2. The van der Waals surface area contributed by atoms with Crippen molar-refractivity contribution < 1.29 is 28.6 Å². The summed E-state index contributed by atoms with van der Waals surface area (Å²) in [5, 5.41) is 6.89. The van der Waals surface area contributed by atoms with Crippen LogP contribution in [0.15, 0.2) is 23.2 Å². The second kappa shape index (κ2) is 9.09. The predicted octanol–water partition coefficient (Wildman–Crippen LogP) is 0.887. The van der Waals surface area contributed by atoms with Crippen LogP contribution in [0.5, 0.6) is 0 Å². The van der Waals surface area contributed by atoms with Gasteiger partial charge in [-0.05, 0) is 24.6 Å². The monoisotopic (exact) mass is 340 g/mol. The fourth-order valence-electron chi connectivity index (χ4n) is 2.41. The molecular formula is C16H21FN2O5. The molecule has 2 rings (SSSR count). The van der Waals surface area contributed by atoms with E-state index >= 15 is 0 Å². The topological polar surface area (TPSA) is 111 Å². The van der Waals surface area contributed by atoms with Gasteiger partial charge in [-0.15, -0.1) is 0 Å². The molecule has 1 aromatic rings. The van der Waals surface area contributed by atoms with Crippen LogP contribution in [0.3, 0.4) is 0 Å². The molecule has 0 amide bonds. The molecule has 7 nitrogen and oxygen atoms in total. The van der Waals surface area contributed by atoms with Crippen molar-refractivity contribution in [1.82, 2.24) is 0 Å². The van der Waals surface area contributed by atoms with E-state index in [1.165, 1.54) is 13.2 Å². The van der Waals surface area contributed by atoms with E-state index in [-0.39, 0.29) is 44.3 Å². The number of hydrogen-bond acceptors (Lipinski definition) is 6. The van der Waals surface area contributed by atoms with E-state index < -0.39 is 5.54 Å². The molecular weight excluding hydrogens is 319 g/mol. The highest BCUT2D eigenvalue weighted by atomic mass is 19.1. The number of aliphatic imine (C=N–C) groups is 1. The Balaban J connectivity index is 0.000000891. The van der Waals surface area contributed by atoms with Gasteiger partial charge in [-0.25, -0.2) is 4.39 Å². The summed E-state index contributed by atoms with van der Waals surface area (Å²) in [4.78, 5) is 24.3. The average Bonchev–Trinajstić information content (AvgIpc) is 2.50. The highest BCUT2D eigenvalue weighted by molar-refractivity contribution is 5.83. The van der Waals surface area contributed by atoms with Crippen LogP contribution >= 0.6 is 0 Å². The maximum absolute atomic E-state index is 14.1. The number of ketones is 1. The van der Waals surface area contributed by atoms with Gasteiger partial charge in [0.05, 0.1) is 6.61 Å². The first kappa shape index (κ1) is 19.7. The third-order valence-electron chi connectivity index (χ3n) is 3.34. The van der Waals surface area contributed by atoms with E-state index in [1.807, 2.05) is 0 Å². The number of nitrogens with zero attached hydrogens (tertiary/aromatic N) is 1. The van der Waals surface area contributed by atoms with Crippen molar-refractivity contribution in [2.75, 3.05) is 26.9 Å². The van der Waals surface area contributed by atoms with Crippen LogP contribution < -0.4 is 5.73 Å². The predicted molar refractivity (Wildman–Crippen MR) is 85.5 cm³/mol. The highest BCUT2D eigenvalue weighted by Crippen LogP contribution is 2.31. The van der Waals surface area contributed by atoms with Gasteiger partial charge >= 0.3 is 0 Å². The van der Waals surface area contributed by atoms with E-state index in [4.69, 9.17) is 25.1 Å². The minimum Gasteiger partial charge on any atom is -0.483 e. The lowest BCUT2D eigenvalue weighted by Crippen LogP contribution is -2.38. The van der Waals surface area contributed by atoms with Crippen LogP contribution in [0, 0.1) is 5.82 Å². The molecule has 0 unspecified atom stereocenters. The Kier molecular flexibility index (Phi) is 7.47. The lowest BCUT2D eigenvalue weighted by atomic mass is 9.90. The zero-order chi connectivity index (χ0) is 18.2. The van der Waals surface area contributed by atoms with Gasteiger partial charge in [-0.3, -0.25) is 14.6 Å². The van der Waals surface area contributed by atoms with E-state index in [9.17, 15) is 9.18 Å². The van der Waals surface area contributed by atoms with E-state index in [0.717, 1.165) is 0 Å². The number of methoxy groups -OCH3 is 1. The van der Waals surface area contributed by atoms with Crippen LogP contribution in [-0.4, -0.2) is 50.1 Å². The molecule has 0 saturated heterocycles. The van der Waals surface area contributed by atoms with Crippen molar-refractivity contribution >= 4 is 18.1 Å². The lowest BCUT2D eigenvalue weighted by Gasteiger charge is -2.30. The molecule has 3 N–H and O–H groups in total. The molecule has 0 bridgehead atoms. The van der Waals surface area contributed by atoms with Crippen molar-refractivity contribution in [1.29, 1.82) is 0 Å². The summed E-state index contributed by atoms with van der Waals surface area (Å²) in [6.45, 7) is 2.06. The minimum absolute atomic E-state index is 0.0399. The summed E-state index contributed by atoms with van der Waals surface area (Å²) >= 11 is 0. The van der Waals surface area contributed by atoms with E-state index in [1.54, 1.807) is 19.1 Å². The summed E-state index contributed by atoms with van der Waals surface area (Å²) in [7, 11) is 1.46. The van der Waals surface area contributed by atoms with Crippen molar-refractivity contribution in [3.8, 4) is 0 Å².